The van der Waals surface area contributed by atoms with E-state index in [0.717, 1.165) is 11.3 Å². The van der Waals surface area contributed by atoms with Crippen molar-refractivity contribution in [2.45, 2.75) is 13.8 Å². The maximum absolute atomic E-state index is 12.5. The Morgan fingerprint density at radius 2 is 1.93 bits per heavy atom. The second-order valence-corrected chi connectivity index (χ2v) is 6.51. The van der Waals surface area contributed by atoms with Crippen molar-refractivity contribution < 1.29 is 19.1 Å². The molecule has 1 amide bonds. The number of esters is 1. The topological polar surface area (TPSA) is 112 Å². The summed E-state index contributed by atoms with van der Waals surface area (Å²) in [6, 6.07) is 10.7. The van der Waals surface area contributed by atoms with Crippen LogP contribution >= 0.6 is 11.3 Å². The number of anilines is 1. The Morgan fingerprint density at radius 1 is 1.25 bits per heavy atom. The molecule has 8 heteroatoms. The first kappa shape index (κ1) is 20.7. The van der Waals surface area contributed by atoms with Gasteiger partial charge in [-0.15, -0.1) is 11.3 Å². The fourth-order valence-corrected chi connectivity index (χ4v) is 3.36. The molecule has 1 N–H and O–H groups in total. The lowest BCUT2D eigenvalue weighted by atomic mass is 10.1. The van der Waals surface area contributed by atoms with Crippen LogP contribution in [-0.4, -0.2) is 25.6 Å². The second-order valence-electron chi connectivity index (χ2n) is 5.49. The van der Waals surface area contributed by atoms with Crippen LogP contribution in [0.1, 0.15) is 33.3 Å². The van der Waals surface area contributed by atoms with E-state index >= 15 is 0 Å². The maximum atomic E-state index is 12.5. The van der Waals surface area contributed by atoms with E-state index in [1.807, 2.05) is 12.1 Å². The van der Waals surface area contributed by atoms with E-state index in [9.17, 15) is 20.1 Å². The van der Waals surface area contributed by atoms with E-state index in [0.29, 0.717) is 16.9 Å². The van der Waals surface area contributed by atoms with Crippen LogP contribution < -0.4 is 10.1 Å². The summed E-state index contributed by atoms with van der Waals surface area (Å²) < 4.78 is 10.0. The van der Waals surface area contributed by atoms with E-state index < -0.39 is 11.9 Å². The van der Waals surface area contributed by atoms with Gasteiger partial charge >= 0.3 is 5.97 Å². The van der Waals surface area contributed by atoms with E-state index in [2.05, 4.69) is 5.32 Å². The number of rotatable bonds is 6. The van der Waals surface area contributed by atoms with E-state index in [4.69, 9.17) is 9.47 Å². The van der Waals surface area contributed by atoms with Crippen LogP contribution in [0, 0.1) is 29.6 Å². The molecule has 1 aromatic heterocycles. The average molecular weight is 395 g/mol. The molecule has 0 aliphatic carbocycles. The number of nitrogens with zero attached hydrogens (tertiary/aromatic N) is 2. The number of hydrogen-bond donors (Lipinski definition) is 1. The third-order valence-electron chi connectivity index (χ3n) is 3.74. The summed E-state index contributed by atoms with van der Waals surface area (Å²) in [7, 11) is 1.54. The Morgan fingerprint density at radius 3 is 2.46 bits per heavy atom. The Labute approximate surface area is 166 Å². The number of benzene rings is 1. The largest absolute Gasteiger partial charge is 0.497 e. The number of nitrogens with one attached hydrogen (secondary N) is 1. The van der Waals surface area contributed by atoms with Crippen molar-refractivity contribution in [2.24, 2.45) is 0 Å². The quantitative estimate of drug-likeness (QED) is 0.454. The number of carbonyl (C=O) groups excluding carboxylic acids is 2. The van der Waals surface area contributed by atoms with Gasteiger partial charge in [0.05, 0.1) is 19.3 Å². The molecule has 142 valence electrons. The third-order valence-corrected chi connectivity index (χ3v) is 4.93. The van der Waals surface area contributed by atoms with Gasteiger partial charge in [-0.3, -0.25) is 4.79 Å². The molecule has 28 heavy (non-hydrogen) atoms. The normalized spacial score (nSPS) is 10.5. The van der Waals surface area contributed by atoms with Gasteiger partial charge in [-0.05, 0) is 43.2 Å². The molecule has 0 saturated heterocycles. The Kier molecular flexibility index (Phi) is 6.91. The van der Waals surface area contributed by atoms with Gasteiger partial charge in [0.15, 0.2) is 0 Å². The third kappa shape index (κ3) is 4.56. The Bertz CT molecular complexity index is 1010. The molecule has 0 saturated carbocycles. The van der Waals surface area contributed by atoms with Gasteiger partial charge < -0.3 is 14.8 Å². The van der Waals surface area contributed by atoms with Crippen molar-refractivity contribution in [1.82, 2.24) is 0 Å². The van der Waals surface area contributed by atoms with Crippen LogP contribution in [0.25, 0.3) is 6.08 Å². The van der Waals surface area contributed by atoms with Gasteiger partial charge in [-0.25, -0.2) is 4.79 Å². The van der Waals surface area contributed by atoms with Crippen LogP contribution in [0.15, 0.2) is 29.8 Å². The molecule has 0 fully saturated rings. The smallest absolute Gasteiger partial charge is 0.348 e. The van der Waals surface area contributed by atoms with E-state index in [-0.39, 0.29) is 27.6 Å². The van der Waals surface area contributed by atoms with Crippen molar-refractivity contribution in [3.8, 4) is 17.9 Å². The predicted octanol–water partition coefficient (Wildman–Crippen LogP) is 3.66. The highest BCUT2D eigenvalue weighted by molar-refractivity contribution is 7.18. The minimum atomic E-state index is -0.675. The maximum Gasteiger partial charge on any atom is 0.348 e. The number of thiophene rings is 1. The fourth-order valence-electron chi connectivity index (χ4n) is 2.31. The van der Waals surface area contributed by atoms with Crippen LogP contribution in [0.3, 0.4) is 0 Å². The summed E-state index contributed by atoms with van der Waals surface area (Å²) in [6.07, 6.45) is 1.42. The SMILES string of the molecule is CCOC(=O)c1sc(NC(=O)/C(C#N)=C/c2ccc(OC)cc2)c(C#N)c1C. The van der Waals surface area contributed by atoms with Crippen LogP contribution in [-0.2, 0) is 9.53 Å². The molecule has 0 spiro atoms. The number of carbonyl (C=O) groups is 2. The number of ether oxygens (including phenoxy) is 2. The van der Waals surface area contributed by atoms with Crippen molar-refractivity contribution in [3.63, 3.8) is 0 Å². The highest BCUT2D eigenvalue weighted by Gasteiger charge is 2.23. The van der Waals surface area contributed by atoms with Crippen molar-refractivity contribution in [3.05, 3.63) is 51.4 Å². The molecule has 7 nitrogen and oxygen atoms in total. The number of hydrogen-bond acceptors (Lipinski definition) is 7. The molecule has 0 aliphatic heterocycles. The van der Waals surface area contributed by atoms with Crippen LogP contribution in [0.2, 0.25) is 0 Å². The van der Waals surface area contributed by atoms with Crippen molar-refractivity contribution in [2.75, 3.05) is 19.0 Å². The number of amides is 1. The molecule has 2 rings (SSSR count). The Balaban J connectivity index is 2.30. The lowest BCUT2D eigenvalue weighted by Gasteiger charge is -2.03. The standard InChI is InChI=1S/C20H17N3O4S/c1-4-27-20(25)17-12(2)16(11-22)19(28-17)23-18(24)14(10-21)9-13-5-7-15(26-3)8-6-13/h5-9H,4H2,1-3H3,(H,23,24)/b14-9+. The number of nitriles is 2. The monoisotopic (exact) mass is 395 g/mol. The molecule has 0 bridgehead atoms. The first-order valence-electron chi connectivity index (χ1n) is 8.22. The molecule has 0 radical (unpaired) electrons. The van der Waals surface area contributed by atoms with Gasteiger partial charge in [0, 0.05) is 0 Å². The minimum Gasteiger partial charge on any atom is -0.497 e. The highest BCUT2D eigenvalue weighted by atomic mass is 32.1. The molecule has 0 unspecified atom stereocenters. The molecular formula is C20H17N3O4S. The lowest BCUT2D eigenvalue weighted by molar-refractivity contribution is -0.112. The molecule has 1 aromatic carbocycles. The van der Waals surface area contributed by atoms with Gasteiger partial charge in [0.1, 0.15) is 33.3 Å². The van der Waals surface area contributed by atoms with E-state index in [1.54, 1.807) is 45.2 Å². The minimum absolute atomic E-state index is 0.141. The second kappa shape index (κ2) is 9.36. The van der Waals surface area contributed by atoms with Gasteiger partial charge in [0.2, 0.25) is 0 Å². The molecular weight excluding hydrogens is 378 g/mol. The van der Waals surface area contributed by atoms with Gasteiger partial charge in [-0.2, -0.15) is 10.5 Å². The molecule has 2 aromatic rings. The average Bonchev–Trinajstić information content (AvgIpc) is 3.01. The highest BCUT2D eigenvalue weighted by Crippen LogP contribution is 2.33. The Hall–Kier alpha value is -3.62. The lowest BCUT2D eigenvalue weighted by Crippen LogP contribution is -2.13. The first-order chi connectivity index (χ1) is 13.4. The molecule has 0 atom stereocenters. The van der Waals surface area contributed by atoms with Crippen LogP contribution in [0.4, 0.5) is 5.00 Å². The van der Waals surface area contributed by atoms with E-state index in [1.165, 1.54) is 6.08 Å². The summed E-state index contributed by atoms with van der Waals surface area (Å²) in [5.74, 6) is -0.581. The van der Waals surface area contributed by atoms with Gasteiger partial charge in [0.25, 0.3) is 5.91 Å². The van der Waals surface area contributed by atoms with Crippen molar-refractivity contribution >= 4 is 34.3 Å². The summed E-state index contributed by atoms with van der Waals surface area (Å²) in [4.78, 5) is 24.8. The zero-order valence-corrected chi connectivity index (χ0v) is 16.3. The molecule has 0 aliphatic rings. The zero-order valence-electron chi connectivity index (χ0n) is 15.5. The number of methoxy groups -OCH3 is 1. The summed E-state index contributed by atoms with van der Waals surface area (Å²) >= 11 is 0.944. The fraction of sp³-hybridized carbons (Fsp3) is 0.200. The first-order valence-corrected chi connectivity index (χ1v) is 9.04. The van der Waals surface area contributed by atoms with Crippen molar-refractivity contribution in [1.29, 1.82) is 10.5 Å². The molecule has 1 heterocycles. The summed E-state index contributed by atoms with van der Waals surface area (Å²) in [6.45, 7) is 3.48. The predicted molar refractivity (Wildman–Crippen MR) is 105 cm³/mol. The van der Waals surface area contributed by atoms with Gasteiger partial charge in [-0.1, -0.05) is 12.1 Å². The zero-order chi connectivity index (χ0) is 20.7. The summed E-state index contributed by atoms with van der Waals surface area (Å²) in [5, 5.41) is 21.5. The van der Waals surface area contributed by atoms with Crippen LogP contribution in [0.5, 0.6) is 5.75 Å². The summed E-state index contributed by atoms with van der Waals surface area (Å²) in [5.41, 5.74) is 1.10.